The van der Waals surface area contributed by atoms with E-state index in [-0.39, 0.29) is 11.8 Å². The normalized spacial score (nSPS) is 18.0. The second-order valence-electron chi connectivity index (χ2n) is 8.21. The lowest BCUT2D eigenvalue weighted by Gasteiger charge is -2.32. The minimum Gasteiger partial charge on any atom is -0.508 e. The topological polar surface area (TPSA) is 56.3 Å². The van der Waals surface area contributed by atoms with E-state index in [9.17, 15) is 9.90 Å². The largest absolute Gasteiger partial charge is 0.508 e. The zero-order valence-electron chi connectivity index (χ0n) is 18.1. The summed E-state index contributed by atoms with van der Waals surface area (Å²) < 4.78 is 5.99. The first-order chi connectivity index (χ1) is 15.1. The number of piperidine rings is 1. The number of benzene rings is 2. The van der Waals surface area contributed by atoms with Crippen molar-refractivity contribution < 1.29 is 14.6 Å². The van der Waals surface area contributed by atoms with E-state index in [1.807, 2.05) is 4.90 Å². The highest BCUT2D eigenvalue weighted by Gasteiger charge is 2.30. The first-order valence-corrected chi connectivity index (χ1v) is 12.2. The van der Waals surface area contributed by atoms with Gasteiger partial charge in [-0.05, 0) is 86.6 Å². The predicted molar refractivity (Wildman–Crippen MR) is 125 cm³/mol. The summed E-state index contributed by atoms with van der Waals surface area (Å²) in [4.78, 5) is 20.2. The lowest BCUT2D eigenvalue weighted by atomic mass is 9.98. The van der Waals surface area contributed by atoms with Gasteiger partial charge in [0.25, 0.3) is 0 Å². The third-order valence-electron chi connectivity index (χ3n) is 6.19. The van der Waals surface area contributed by atoms with Crippen LogP contribution in [0.4, 0.5) is 10.5 Å². The highest BCUT2D eigenvalue weighted by atomic mass is 32.2. The van der Waals surface area contributed by atoms with Crippen LogP contribution in [-0.4, -0.2) is 73.1 Å². The second kappa shape index (κ2) is 10.3. The van der Waals surface area contributed by atoms with Crippen LogP contribution in [0.25, 0.3) is 0 Å². The molecule has 7 heteroatoms. The summed E-state index contributed by atoms with van der Waals surface area (Å²) in [6.07, 6.45) is 4.35. The van der Waals surface area contributed by atoms with Gasteiger partial charge < -0.3 is 19.6 Å². The number of urea groups is 1. The number of rotatable bonds is 8. The highest BCUT2D eigenvalue weighted by Crippen LogP contribution is 2.24. The molecule has 0 aliphatic carbocycles. The van der Waals surface area contributed by atoms with Crippen molar-refractivity contribution in [3.05, 3.63) is 48.5 Å². The Labute approximate surface area is 188 Å². The van der Waals surface area contributed by atoms with Crippen molar-refractivity contribution in [1.29, 1.82) is 0 Å². The van der Waals surface area contributed by atoms with Gasteiger partial charge in [-0.25, -0.2) is 4.79 Å². The molecule has 2 amide bonds. The summed E-state index contributed by atoms with van der Waals surface area (Å²) in [6, 6.07) is 15.2. The Hall–Kier alpha value is -2.38. The van der Waals surface area contributed by atoms with E-state index in [1.165, 1.54) is 4.90 Å². The van der Waals surface area contributed by atoms with E-state index in [4.69, 9.17) is 4.74 Å². The maximum absolute atomic E-state index is 12.7. The maximum Gasteiger partial charge on any atom is 0.324 e. The van der Waals surface area contributed by atoms with Crippen molar-refractivity contribution in [2.75, 3.05) is 57.0 Å². The molecule has 0 aromatic heterocycles. The minimum atomic E-state index is 0.0569. The molecule has 0 bridgehead atoms. The summed E-state index contributed by atoms with van der Waals surface area (Å²) in [5.74, 6) is 1.76. The zero-order valence-corrected chi connectivity index (χ0v) is 18.9. The fourth-order valence-electron chi connectivity index (χ4n) is 4.19. The van der Waals surface area contributed by atoms with Gasteiger partial charge in [0.15, 0.2) is 0 Å². The average Bonchev–Trinajstić information content (AvgIpc) is 3.18. The van der Waals surface area contributed by atoms with Crippen molar-refractivity contribution in [2.24, 2.45) is 5.92 Å². The van der Waals surface area contributed by atoms with Crippen LogP contribution in [0.1, 0.15) is 12.8 Å². The summed E-state index contributed by atoms with van der Waals surface area (Å²) in [5, 5.41) is 9.45. The van der Waals surface area contributed by atoms with E-state index >= 15 is 0 Å². The van der Waals surface area contributed by atoms with Crippen LogP contribution in [0, 0.1) is 5.92 Å². The number of phenolic OH excluding ortho intramolecular Hbond substituents is 1. The Kier molecular flexibility index (Phi) is 7.25. The van der Waals surface area contributed by atoms with Crippen LogP contribution in [-0.2, 0) is 0 Å². The fourth-order valence-corrected chi connectivity index (χ4v) is 4.60. The minimum absolute atomic E-state index is 0.0569. The number of aromatic hydroxyl groups is 1. The molecule has 166 valence electrons. The molecule has 2 heterocycles. The van der Waals surface area contributed by atoms with Crippen molar-refractivity contribution in [1.82, 2.24) is 9.80 Å². The fraction of sp³-hybridized carbons (Fsp3) is 0.458. The Morgan fingerprint density at radius 3 is 2.35 bits per heavy atom. The van der Waals surface area contributed by atoms with Crippen molar-refractivity contribution >= 4 is 23.5 Å². The van der Waals surface area contributed by atoms with E-state index in [0.29, 0.717) is 12.5 Å². The monoisotopic (exact) mass is 441 g/mol. The average molecular weight is 442 g/mol. The van der Waals surface area contributed by atoms with Crippen LogP contribution in [0.5, 0.6) is 11.5 Å². The number of hydrogen-bond acceptors (Lipinski definition) is 5. The molecule has 6 nitrogen and oxygen atoms in total. The van der Waals surface area contributed by atoms with Gasteiger partial charge in [0.2, 0.25) is 0 Å². The molecule has 0 radical (unpaired) electrons. The van der Waals surface area contributed by atoms with Gasteiger partial charge in [-0.15, -0.1) is 11.8 Å². The zero-order chi connectivity index (χ0) is 21.6. The molecule has 31 heavy (non-hydrogen) atoms. The first-order valence-electron chi connectivity index (χ1n) is 11.0. The van der Waals surface area contributed by atoms with Crippen LogP contribution >= 0.6 is 11.8 Å². The van der Waals surface area contributed by atoms with Gasteiger partial charge in [0.1, 0.15) is 11.5 Å². The van der Waals surface area contributed by atoms with Crippen molar-refractivity contribution in [3.8, 4) is 11.5 Å². The number of likely N-dealkylation sites (tertiary alicyclic amines) is 1. The Morgan fingerprint density at radius 2 is 1.68 bits per heavy atom. The highest BCUT2D eigenvalue weighted by molar-refractivity contribution is 7.98. The number of anilines is 1. The molecule has 0 atom stereocenters. The smallest absolute Gasteiger partial charge is 0.324 e. The Morgan fingerprint density at radius 1 is 0.968 bits per heavy atom. The predicted octanol–water partition coefficient (Wildman–Crippen LogP) is 4.15. The van der Waals surface area contributed by atoms with Gasteiger partial charge in [0.05, 0.1) is 6.61 Å². The quantitative estimate of drug-likeness (QED) is 0.624. The van der Waals surface area contributed by atoms with Crippen LogP contribution in [0.3, 0.4) is 0 Å². The van der Waals surface area contributed by atoms with Crippen molar-refractivity contribution in [3.63, 3.8) is 0 Å². The summed E-state index contributed by atoms with van der Waals surface area (Å²) in [6.45, 7) is 6.01. The van der Waals surface area contributed by atoms with Gasteiger partial charge >= 0.3 is 6.03 Å². The number of carbonyl (C=O) groups is 1. The maximum atomic E-state index is 12.7. The molecule has 2 aromatic rings. The SMILES string of the molecule is CSc1ccc(OCC2CCN(CCN3CCN(c4ccc(O)cc4)C3=O)CC2)cc1. The van der Waals surface area contributed by atoms with Gasteiger partial charge in [0, 0.05) is 36.8 Å². The number of amides is 2. The number of thioether (sulfide) groups is 1. The van der Waals surface area contributed by atoms with Gasteiger partial charge in [-0.2, -0.15) is 0 Å². The number of phenols is 1. The molecular formula is C24H31N3O3S. The molecule has 0 saturated carbocycles. The number of ether oxygens (including phenoxy) is 1. The van der Waals surface area contributed by atoms with Crippen LogP contribution in [0.15, 0.2) is 53.4 Å². The number of carbonyl (C=O) groups excluding carboxylic acids is 1. The van der Waals surface area contributed by atoms with Crippen LogP contribution < -0.4 is 9.64 Å². The second-order valence-corrected chi connectivity index (χ2v) is 9.09. The van der Waals surface area contributed by atoms with E-state index in [2.05, 4.69) is 35.4 Å². The van der Waals surface area contributed by atoms with Crippen LogP contribution in [0.2, 0.25) is 0 Å². The van der Waals surface area contributed by atoms with Gasteiger partial charge in [-0.1, -0.05) is 0 Å². The number of nitrogens with zero attached hydrogens (tertiary/aromatic N) is 3. The molecule has 2 saturated heterocycles. The molecule has 0 unspecified atom stereocenters. The number of hydrogen-bond donors (Lipinski definition) is 1. The molecule has 0 spiro atoms. The van der Waals surface area contributed by atoms with E-state index in [0.717, 1.165) is 63.6 Å². The third-order valence-corrected chi connectivity index (χ3v) is 6.94. The summed E-state index contributed by atoms with van der Waals surface area (Å²) in [7, 11) is 0. The van der Waals surface area contributed by atoms with E-state index in [1.54, 1.807) is 40.9 Å². The first kappa shape index (κ1) is 21.8. The lowest BCUT2D eigenvalue weighted by Crippen LogP contribution is -2.41. The standard InChI is InChI=1S/C24H31N3O3S/c1-31-23-8-6-22(7-9-23)30-18-19-10-12-25(13-11-19)14-15-26-16-17-27(24(26)29)20-2-4-21(28)5-3-20/h2-9,19,28H,10-18H2,1H3. The Bertz CT molecular complexity index is 851. The summed E-state index contributed by atoms with van der Waals surface area (Å²) >= 11 is 1.74. The molecule has 2 fully saturated rings. The lowest BCUT2D eigenvalue weighted by molar-refractivity contribution is 0.133. The van der Waals surface area contributed by atoms with Crippen molar-refractivity contribution in [2.45, 2.75) is 17.7 Å². The molecular weight excluding hydrogens is 410 g/mol. The molecule has 4 rings (SSSR count). The third kappa shape index (κ3) is 5.66. The molecule has 2 aliphatic rings. The molecule has 1 N–H and O–H groups in total. The van der Waals surface area contributed by atoms with Gasteiger partial charge in [-0.3, -0.25) is 4.90 Å². The summed E-state index contributed by atoms with van der Waals surface area (Å²) in [5.41, 5.74) is 0.842. The molecule has 2 aliphatic heterocycles. The Balaban J connectivity index is 1.16. The van der Waals surface area contributed by atoms with E-state index < -0.39 is 0 Å². The molecule has 2 aromatic carbocycles.